The lowest BCUT2D eigenvalue weighted by molar-refractivity contribution is 0.208. The Kier molecular flexibility index (Phi) is 5.82. The van der Waals surface area contributed by atoms with Gasteiger partial charge in [0.2, 0.25) is 11.9 Å². The largest absolute Gasteiger partial charge is 0.363 e. The highest BCUT2D eigenvalue weighted by atomic mass is 15.2. The quantitative estimate of drug-likeness (QED) is 0.834. The molecule has 1 atom stereocenters. The lowest BCUT2D eigenvalue weighted by Gasteiger charge is -2.33. The van der Waals surface area contributed by atoms with Gasteiger partial charge in [-0.05, 0) is 25.5 Å². The van der Waals surface area contributed by atoms with Gasteiger partial charge in [0.05, 0.1) is 0 Å². The van der Waals surface area contributed by atoms with Crippen LogP contribution in [0.25, 0.3) is 0 Å². The highest BCUT2D eigenvalue weighted by Crippen LogP contribution is 2.17. The molecular formula is C18H28N8. The summed E-state index contributed by atoms with van der Waals surface area (Å²) in [6.07, 6.45) is 7.92. The molecule has 1 aliphatic rings. The molecule has 0 spiro atoms. The molecule has 1 aliphatic heterocycles. The lowest BCUT2D eigenvalue weighted by atomic mass is 10.1. The van der Waals surface area contributed by atoms with Crippen molar-refractivity contribution >= 4 is 17.7 Å². The molecule has 1 fully saturated rings. The first kappa shape index (κ1) is 18.3. The van der Waals surface area contributed by atoms with Crippen molar-refractivity contribution in [2.24, 2.45) is 0 Å². The van der Waals surface area contributed by atoms with Gasteiger partial charge in [-0.2, -0.15) is 4.98 Å². The van der Waals surface area contributed by atoms with Crippen molar-refractivity contribution in [3.63, 3.8) is 0 Å². The van der Waals surface area contributed by atoms with Crippen molar-refractivity contribution in [3.05, 3.63) is 30.2 Å². The minimum atomic E-state index is 0.350. The van der Waals surface area contributed by atoms with Gasteiger partial charge in [-0.3, -0.25) is 4.90 Å². The standard InChI is InChI=1S/C18H28N8/c1-24(2)16-7-8-19-17(23-16)22-15-6-5-9-26(13-15)12-14-10-20-18(21-11-14)25(3)4/h7-8,10-11,15H,5-6,9,12-13H2,1-4H3,(H,19,22,23). The number of aromatic nitrogens is 4. The Morgan fingerprint density at radius 1 is 1.12 bits per heavy atom. The summed E-state index contributed by atoms with van der Waals surface area (Å²) in [5.74, 6) is 2.35. The van der Waals surface area contributed by atoms with Crippen LogP contribution < -0.4 is 15.1 Å². The van der Waals surface area contributed by atoms with Crippen LogP contribution in [0.15, 0.2) is 24.7 Å². The molecule has 0 aliphatic carbocycles. The number of nitrogens with zero attached hydrogens (tertiary/aromatic N) is 7. The van der Waals surface area contributed by atoms with E-state index < -0.39 is 0 Å². The molecule has 2 aromatic rings. The zero-order valence-electron chi connectivity index (χ0n) is 16.1. The van der Waals surface area contributed by atoms with Crippen molar-refractivity contribution in [3.8, 4) is 0 Å². The van der Waals surface area contributed by atoms with Crippen molar-refractivity contribution < 1.29 is 0 Å². The van der Waals surface area contributed by atoms with E-state index in [1.807, 2.05) is 56.5 Å². The van der Waals surface area contributed by atoms with Gasteiger partial charge < -0.3 is 15.1 Å². The minimum absolute atomic E-state index is 0.350. The van der Waals surface area contributed by atoms with Crippen molar-refractivity contribution in [2.75, 3.05) is 56.4 Å². The fourth-order valence-corrected chi connectivity index (χ4v) is 3.09. The third kappa shape index (κ3) is 4.78. The highest BCUT2D eigenvalue weighted by Gasteiger charge is 2.21. The molecule has 0 saturated carbocycles. The Labute approximate surface area is 155 Å². The number of piperidine rings is 1. The van der Waals surface area contributed by atoms with E-state index in [1.165, 1.54) is 0 Å². The lowest BCUT2D eigenvalue weighted by Crippen LogP contribution is -2.42. The van der Waals surface area contributed by atoms with E-state index in [9.17, 15) is 0 Å². The number of hydrogen-bond donors (Lipinski definition) is 1. The number of nitrogens with one attached hydrogen (secondary N) is 1. The number of hydrogen-bond acceptors (Lipinski definition) is 8. The average Bonchev–Trinajstić information content (AvgIpc) is 2.62. The average molecular weight is 356 g/mol. The molecule has 0 bridgehead atoms. The summed E-state index contributed by atoms with van der Waals surface area (Å²) in [5.41, 5.74) is 1.14. The van der Waals surface area contributed by atoms with Gasteiger partial charge in [0, 0.05) is 71.5 Å². The van der Waals surface area contributed by atoms with Crippen LogP contribution in [0.4, 0.5) is 17.7 Å². The molecule has 3 heterocycles. The van der Waals surface area contributed by atoms with E-state index in [4.69, 9.17) is 0 Å². The molecule has 1 saturated heterocycles. The molecule has 0 radical (unpaired) electrons. The molecule has 8 heteroatoms. The Balaban J connectivity index is 1.58. The molecule has 0 amide bonds. The van der Waals surface area contributed by atoms with E-state index >= 15 is 0 Å². The van der Waals surface area contributed by atoms with Crippen molar-refractivity contribution in [1.29, 1.82) is 0 Å². The molecule has 1 N–H and O–H groups in total. The van der Waals surface area contributed by atoms with Gasteiger partial charge in [0.25, 0.3) is 0 Å². The van der Waals surface area contributed by atoms with E-state index in [-0.39, 0.29) is 0 Å². The van der Waals surface area contributed by atoms with Crippen LogP contribution in [0, 0.1) is 0 Å². The first-order valence-corrected chi connectivity index (χ1v) is 8.99. The summed E-state index contributed by atoms with van der Waals surface area (Å²) in [7, 11) is 7.86. The second-order valence-corrected chi connectivity index (χ2v) is 7.14. The molecule has 3 rings (SSSR count). The summed E-state index contributed by atoms with van der Waals surface area (Å²) in [5, 5.41) is 3.49. The second kappa shape index (κ2) is 8.27. The fourth-order valence-electron chi connectivity index (χ4n) is 3.09. The van der Waals surface area contributed by atoms with Crippen LogP contribution in [-0.4, -0.2) is 72.2 Å². The maximum Gasteiger partial charge on any atom is 0.224 e. The monoisotopic (exact) mass is 356 g/mol. The molecule has 2 aromatic heterocycles. The minimum Gasteiger partial charge on any atom is -0.363 e. The maximum atomic E-state index is 4.56. The van der Waals surface area contributed by atoms with Crippen LogP contribution >= 0.6 is 0 Å². The van der Waals surface area contributed by atoms with Gasteiger partial charge >= 0.3 is 0 Å². The van der Waals surface area contributed by atoms with Gasteiger partial charge in [-0.1, -0.05) is 0 Å². The first-order chi connectivity index (χ1) is 12.5. The van der Waals surface area contributed by atoms with Crippen LogP contribution in [0.1, 0.15) is 18.4 Å². The summed E-state index contributed by atoms with van der Waals surface area (Å²) < 4.78 is 0. The van der Waals surface area contributed by atoms with Crippen LogP contribution in [-0.2, 0) is 6.54 Å². The Morgan fingerprint density at radius 3 is 2.58 bits per heavy atom. The zero-order chi connectivity index (χ0) is 18.5. The van der Waals surface area contributed by atoms with E-state index in [0.29, 0.717) is 12.0 Å². The molecule has 8 nitrogen and oxygen atoms in total. The van der Waals surface area contributed by atoms with Gasteiger partial charge in [0.1, 0.15) is 5.82 Å². The third-order valence-electron chi connectivity index (χ3n) is 4.44. The SMILES string of the molecule is CN(C)c1ccnc(NC2CCCN(Cc3cnc(N(C)C)nc3)C2)n1. The second-order valence-electron chi connectivity index (χ2n) is 7.14. The molecule has 26 heavy (non-hydrogen) atoms. The molecule has 0 aromatic carbocycles. The van der Waals surface area contributed by atoms with Crippen molar-refractivity contribution in [2.45, 2.75) is 25.4 Å². The Bertz CT molecular complexity index is 701. The van der Waals surface area contributed by atoms with E-state index in [2.05, 4.69) is 30.2 Å². The number of rotatable bonds is 6. The summed E-state index contributed by atoms with van der Waals surface area (Å²) in [6, 6.07) is 2.26. The molecular weight excluding hydrogens is 328 g/mol. The number of anilines is 3. The normalized spacial score (nSPS) is 17.8. The maximum absolute atomic E-state index is 4.56. The molecule has 140 valence electrons. The topological polar surface area (TPSA) is 73.3 Å². The Morgan fingerprint density at radius 2 is 1.88 bits per heavy atom. The summed E-state index contributed by atoms with van der Waals surface area (Å²) in [6.45, 7) is 2.92. The number of likely N-dealkylation sites (tertiary alicyclic amines) is 1. The predicted octanol–water partition coefficient (Wildman–Crippen LogP) is 1.48. The predicted molar refractivity (Wildman–Crippen MR) is 105 cm³/mol. The smallest absolute Gasteiger partial charge is 0.224 e. The third-order valence-corrected chi connectivity index (χ3v) is 4.44. The molecule has 1 unspecified atom stereocenters. The summed E-state index contributed by atoms with van der Waals surface area (Å²) >= 11 is 0. The first-order valence-electron chi connectivity index (χ1n) is 8.99. The van der Waals surface area contributed by atoms with Crippen LogP contribution in [0.2, 0.25) is 0 Å². The Hall–Kier alpha value is -2.48. The zero-order valence-corrected chi connectivity index (χ0v) is 16.1. The summed E-state index contributed by atoms with van der Waals surface area (Å²) in [4.78, 5) is 24.1. The van der Waals surface area contributed by atoms with E-state index in [0.717, 1.165) is 49.8 Å². The van der Waals surface area contributed by atoms with Crippen LogP contribution in [0.5, 0.6) is 0 Å². The van der Waals surface area contributed by atoms with Gasteiger partial charge in [0.15, 0.2) is 0 Å². The van der Waals surface area contributed by atoms with Crippen LogP contribution in [0.3, 0.4) is 0 Å². The highest BCUT2D eigenvalue weighted by molar-refractivity contribution is 5.41. The van der Waals surface area contributed by atoms with Gasteiger partial charge in [-0.25, -0.2) is 15.0 Å². The van der Waals surface area contributed by atoms with Crippen molar-refractivity contribution in [1.82, 2.24) is 24.8 Å². The van der Waals surface area contributed by atoms with E-state index in [1.54, 1.807) is 6.20 Å². The fraction of sp³-hybridized carbons (Fsp3) is 0.556. The van der Waals surface area contributed by atoms with Gasteiger partial charge in [-0.15, -0.1) is 0 Å².